The van der Waals surface area contributed by atoms with Gasteiger partial charge in [0.25, 0.3) is 0 Å². The number of aromatic nitrogens is 5. The minimum atomic E-state index is -0.427. The summed E-state index contributed by atoms with van der Waals surface area (Å²) in [6.45, 7) is 4.61. The molecule has 172 valence electrons. The molecule has 0 unspecified atom stereocenters. The number of nitrogens with zero attached hydrogens (tertiary/aromatic N) is 9. The van der Waals surface area contributed by atoms with Crippen LogP contribution in [-0.4, -0.2) is 61.4 Å². The number of rotatable bonds is 3. The SMILES string of the molecule is N#CC1(N2Cc3cc(Cl)ccc3-n3c(nnc3N3CC4(CN(c5ncc(F)cn5)C4)C3)C2)CC1. The highest BCUT2D eigenvalue weighted by Crippen LogP contribution is 2.46. The molecular weight excluding hydrogens is 457 g/mol. The molecule has 4 aliphatic rings. The Bertz CT molecular complexity index is 1330. The number of halogens is 2. The molecule has 9 nitrogen and oxygen atoms in total. The molecule has 0 amide bonds. The van der Waals surface area contributed by atoms with Crippen LogP contribution < -0.4 is 9.80 Å². The summed E-state index contributed by atoms with van der Waals surface area (Å²) in [6, 6.07) is 8.42. The Kier molecular flexibility index (Phi) is 4.06. The van der Waals surface area contributed by atoms with Crippen LogP contribution in [-0.2, 0) is 13.1 Å². The van der Waals surface area contributed by atoms with Crippen LogP contribution in [0.3, 0.4) is 0 Å². The first-order chi connectivity index (χ1) is 16.5. The average molecular weight is 478 g/mol. The number of benzene rings is 1. The van der Waals surface area contributed by atoms with Gasteiger partial charge in [0.05, 0.1) is 30.7 Å². The van der Waals surface area contributed by atoms with Crippen molar-refractivity contribution in [1.82, 2.24) is 29.6 Å². The van der Waals surface area contributed by atoms with Crippen LogP contribution in [0, 0.1) is 22.6 Å². The maximum absolute atomic E-state index is 13.1. The standard InChI is InChI=1S/C23H21ClFN9/c24-16-1-2-18-15(5-16)8-33(23(10-26)3-4-23)9-19-29-30-21(34(18)19)32-13-22(14-32)11-31(12-22)20-27-6-17(25)7-28-20/h1-2,5-7H,3-4,8-9,11-14H2. The summed E-state index contributed by atoms with van der Waals surface area (Å²) < 4.78 is 15.3. The topological polar surface area (TPSA) is 90.0 Å². The van der Waals surface area contributed by atoms with Gasteiger partial charge in [0.2, 0.25) is 11.9 Å². The monoisotopic (exact) mass is 477 g/mol. The summed E-state index contributed by atoms with van der Waals surface area (Å²) in [5.41, 5.74) is 1.83. The zero-order valence-electron chi connectivity index (χ0n) is 18.3. The summed E-state index contributed by atoms with van der Waals surface area (Å²) in [6.07, 6.45) is 4.17. The second-order valence-electron chi connectivity index (χ2n) is 9.94. The molecule has 5 heterocycles. The molecule has 0 atom stereocenters. The average Bonchev–Trinajstić information content (AvgIpc) is 3.51. The van der Waals surface area contributed by atoms with Gasteiger partial charge in [-0.25, -0.2) is 14.4 Å². The fourth-order valence-electron chi connectivity index (χ4n) is 5.59. The van der Waals surface area contributed by atoms with E-state index >= 15 is 0 Å². The Hall–Kier alpha value is -3.29. The van der Waals surface area contributed by atoms with E-state index in [1.165, 1.54) is 12.4 Å². The Balaban J connectivity index is 1.16. The number of hydrogen-bond acceptors (Lipinski definition) is 8. The number of nitriles is 1. The van der Waals surface area contributed by atoms with Gasteiger partial charge >= 0.3 is 0 Å². The van der Waals surface area contributed by atoms with Crippen LogP contribution in [0.2, 0.25) is 5.02 Å². The van der Waals surface area contributed by atoms with Gasteiger partial charge in [0, 0.05) is 43.2 Å². The van der Waals surface area contributed by atoms with Crippen LogP contribution >= 0.6 is 11.6 Å². The Morgan fingerprint density at radius 1 is 1.00 bits per heavy atom. The zero-order chi connectivity index (χ0) is 23.1. The molecule has 0 bridgehead atoms. The lowest BCUT2D eigenvalue weighted by Crippen LogP contribution is -2.73. The molecule has 1 aromatic carbocycles. The maximum Gasteiger partial charge on any atom is 0.231 e. The van der Waals surface area contributed by atoms with E-state index in [0.29, 0.717) is 24.1 Å². The largest absolute Gasteiger partial charge is 0.339 e. The minimum absolute atomic E-state index is 0.155. The molecule has 11 heteroatoms. The third-order valence-corrected chi connectivity index (χ3v) is 7.74. The normalized spacial score (nSPS) is 21.7. The van der Waals surface area contributed by atoms with E-state index in [-0.39, 0.29) is 5.41 Å². The van der Waals surface area contributed by atoms with Crippen molar-refractivity contribution < 1.29 is 4.39 Å². The van der Waals surface area contributed by atoms with Gasteiger partial charge < -0.3 is 9.80 Å². The first kappa shape index (κ1) is 20.1. The van der Waals surface area contributed by atoms with E-state index in [1.807, 2.05) is 18.2 Å². The van der Waals surface area contributed by atoms with E-state index in [0.717, 1.165) is 62.0 Å². The quantitative estimate of drug-likeness (QED) is 0.568. The fourth-order valence-corrected chi connectivity index (χ4v) is 5.79. The third kappa shape index (κ3) is 2.93. The van der Waals surface area contributed by atoms with E-state index in [1.54, 1.807) is 0 Å². The van der Waals surface area contributed by atoms with Crippen LogP contribution in [0.15, 0.2) is 30.6 Å². The molecule has 1 saturated carbocycles. The molecule has 7 rings (SSSR count). The minimum Gasteiger partial charge on any atom is -0.339 e. The molecule has 1 spiro atoms. The lowest BCUT2D eigenvalue weighted by Gasteiger charge is -2.60. The van der Waals surface area contributed by atoms with Gasteiger partial charge in [-0.05, 0) is 36.6 Å². The van der Waals surface area contributed by atoms with Crippen LogP contribution in [0.1, 0.15) is 24.2 Å². The zero-order valence-corrected chi connectivity index (χ0v) is 19.1. The third-order valence-electron chi connectivity index (χ3n) is 7.50. The summed E-state index contributed by atoms with van der Waals surface area (Å²) >= 11 is 6.35. The lowest BCUT2D eigenvalue weighted by atomic mass is 9.73. The molecule has 0 radical (unpaired) electrons. The van der Waals surface area contributed by atoms with Crippen molar-refractivity contribution >= 4 is 23.5 Å². The Morgan fingerprint density at radius 2 is 1.74 bits per heavy atom. The maximum atomic E-state index is 13.1. The second-order valence-corrected chi connectivity index (χ2v) is 10.4. The van der Waals surface area contributed by atoms with E-state index in [2.05, 4.69) is 45.5 Å². The van der Waals surface area contributed by atoms with Gasteiger partial charge in [-0.1, -0.05) is 11.6 Å². The highest BCUT2D eigenvalue weighted by Gasteiger charge is 2.54. The van der Waals surface area contributed by atoms with Crippen molar-refractivity contribution in [2.75, 3.05) is 36.0 Å². The predicted octanol–water partition coefficient (Wildman–Crippen LogP) is 2.55. The molecule has 3 aliphatic heterocycles. The number of anilines is 2. The van der Waals surface area contributed by atoms with Crippen molar-refractivity contribution in [2.45, 2.75) is 31.5 Å². The summed E-state index contributed by atoms with van der Waals surface area (Å²) in [7, 11) is 0. The van der Waals surface area contributed by atoms with Crippen LogP contribution in [0.25, 0.3) is 5.69 Å². The molecule has 2 saturated heterocycles. The van der Waals surface area contributed by atoms with Crippen molar-refractivity contribution in [3.63, 3.8) is 0 Å². The summed E-state index contributed by atoms with van der Waals surface area (Å²) in [5.74, 6) is 1.81. The first-order valence-corrected chi connectivity index (χ1v) is 11.7. The van der Waals surface area contributed by atoms with Gasteiger partial charge in [0.15, 0.2) is 11.6 Å². The first-order valence-electron chi connectivity index (χ1n) is 11.3. The highest BCUT2D eigenvalue weighted by molar-refractivity contribution is 6.30. The highest BCUT2D eigenvalue weighted by atomic mass is 35.5. The smallest absolute Gasteiger partial charge is 0.231 e. The van der Waals surface area contributed by atoms with Gasteiger partial charge in [-0.15, -0.1) is 10.2 Å². The van der Waals surface area contributed by atoms with E-state index in [9.17, 15) is 9.65 Å². The van der Waals surface area contributed by atoms with E-state index < -0.39 is 11.4 Å². The predicted molar refractivity (Wildman–Crippen MR) is 122 cm³/mol. The molecule has 3 aromatic rings. The van der Waals surface area contributed by atoms with Crippen molar-refractivity contribution in [2.24, 2.45) is 5.41 Å². The Morgan fingerprint density at radius 3 is 2.44 bits per heavy atom. The molecule has 0 N–H and O–H groups in total. The molecule has 2 aromatic heterocycles. The van der Waals surface area contributed by atoms with Gasteiger partial charge in [-0.2, -0.15) is 5.26 Å². The Labute approximate surface area is 200 Å². The van der Waals surface area contributed by atoms with Crippen molar-refractivity contribution in [3.8, 4) is 11.8 Å². The van der Waals surface area contributed by atoms with Gasteiger partial charge in [-0.3, -0.25) is 9.47 Å². The van der Waals surface area contributed by atoms with Crippen LogP contribution in [0.5, 0.6) is 0 Å². The molecule has 3 fully saturated rings. The van der Waals surface area contributed by atoms with E-state index in [4.69, 9.17) is 11.6 Å². The second kappa shape index (κ2) is 6.87. The molecule has 34 heavy (non-hydrogen) atoms. The van der Waals surface area contributed by atoms with Gasteiger partial charge in [0.1, 0.15) is 5.54 Å². The van der Waals surface area contributed by atoms with Crippen molar-refractivity contribution in [1.29, 1.82) is 5.26 Å². The fraction of sp³-hybridized carbons (Fsp3) is 0.435. The number of hydrogen-bond donors (Lipinski definition) is 0. The number of fused-ring (bicyclic) bond motifs is 3. The molecule has 1 aliphatic carbocycles. The molecular formula is C23H21ClFN9. The lowest BCUT2D eigenvalue weighted by molar-refractivity contribution is 0.152. The van der Waals surface area contributed by atoms with Crippen molar-refractivity contribution in [3.05, 3.63) is 52.8 Å². The van der Waals surface area contributed by atoms with Crippen LogP contribution in [0.4, 0.5) is 16.3 Å². The summed E-state index contributed by atoms with van der Waals surface area (Å²) in [5, 5.41) is 19.6. The summed E-state index contributed by atoms with van der Waals surface area (Å²) in [4.78, 5) is 14.7.